The third kappa shape index (κ3) is 21.8. The molecule has 12 aromatic rings. The summed E-state index contributed by atoms with van der Waals surface area (Å²) in [6.07, 6.45) is -0.0645. The molecule has 119 heavy (non-hydrogen) atoms. The van der Waals surface area contributed by atoms with Crippen LogP contribution in [0.5, 0.6) is 46.0 Å². The summed E-state index contributed by atoms with van der Waals surface area (Å²) in [5, 5.41) is 20.0. The molecule has 0 amide bonds. The van der Waals surface area contributed by atoms with Gasteiger partial charge in [-0.3, -0.25) is 14.4 Å². The van der Waals surface area contributed by atoms with Crippen LogP contribution in [0, 0.1) is 0 Å². The second-order valence-corrected chi connectivity index (χ2v) is 28.5. The van der Waals surface area contributed by atoms with Crippen LogP contribution >= 0.6 is 0 Å². The number of cyclic esters (lactones) is 2. The third-order valence-corrected chi connectivity index (χ3v) is 21.0. The van der Waals surface area contributed by atoms with Crippen molar-refractivity contribution in [2.75, 3.05) is 48.1 Å². The number of hydrogen-bond donors (Lipinski definition) is 2. The van der Waals surface area contributed by atoms with Crippen molar-refractivity contribution < 1.29 is 91.1 Å². The van der Waals surface area contributed by atoms with Crippen molar-refractivity contribution in [1.82, 2.24) is 0 Å². The first-order valence-electron chi connectivity index (χ1n) is 39.8. The number of fused-ring (bicyclic) bond motifs is 6. The minimum absolute atomic E-state index is 0.0104. The van der Waals surface area contributed by atoms with Gasteiger partial charge in [-0.25, -0.2) is 0 Å². The summed E-state index contributed by atoms with van der Waals surface area (Å²) in [7, 11) is 6.65. The van der Waals surface area contributed by atoms with Crippen LogP contribution in [0.2, 0.25) is 0 Å². The van der Waals surface area contributed by atoms with Crippen molar-refractivity contribution >= 4 is 23.9 Å². The first-order chi connectivity index (χ1) is 58.1. The molecule has 0 saturated carbocycles. The Kier molecular flexibility index (Phi) is 29.9. The quantitative estimate of drug-likeness (QED) is 0.0234. The Bertz CT molecular complexity index is 5230. The Balaban J connectivity index is 0.000000189. The maximum atomic E-state index is 11.8. The van der Waals surface area contributed by atoms with Gasteiger partial charge in [-0.15, -0.1) is 0 Å². The molecular formula is C100H99NO18. The van der Waals surface area contributed by atoms with Crippen molar-refractivity contribution in [3.63, 3.8) is 0 Å². The number of carboxylic acid groups (broad SMARTS) is 1. The molecule has 0 atom stereocenters. The molecule has 0 spiro atoms. The molecule has 12 aromatic carbocycles. The number of methoxy groups -OCH3 is 4. The van der Waals surface area contributed by atoms with Gasteiger partial charge >= 0.3 is 17.9 Å². The van der Waals surface area contributed by atoms with Gasteiger partial charge in [0, 0.05) is 28.2 Å². The second kappa shape index (κ2) is 41.7. The lowest BCUT2D eigenvalue weighted by molar-refractivity contribution is -0.894. The van der Waals surface area contributed by atoms with E-state index in [0.717, 1.165) is 140 Å². The van der Waals surface area contributed by atoms with Crippen LogP contribution in [-0.2, 0) is 102 Å². The number of rotatable bonds is 31. The van der Waals surface area contributed by atoms with Crippen LogP contribution in [0.25, 0.3) is 22.3 Å². The SMILES string of the molecule is CC[NH+](CC)CC.COc1ccc(C(OCc2ccc3c(c2)OCc2cc(OCc4cccc(CO)c4)ccc2-3)(c2ccccc2)c2ccc(OC)cc2)cc1.COc1ccc(C(OCc2ccc3c(c2)OCc2cc(OCc4cccc(COC(=O)CCC(=O)[O-])c4)ccc2-3)(c2ccccc2)c2ccc(OC)cc2)cc1.O=C1CCC(=O)O1. The number of hydrogen-bond acceptors (Lipinski definition) is 18. The Morgan fingerprint density at radius 3 is 1.07 bits per heavy atom. The van der Waals surface area contributed by atoms with Crippen LogP contribution in [0.4, 0.5) is 0 Å². The number of carbonyl (C=O) groups is 4. The van der Waals surface area contributed by atoms with E-state index >= 15 is 0 Å². The third-order valence-electron chi connectivity index (χ3n) is 21.0. The summed E-state index contributed by atoms with van der Waals surface area (Å²) >= 11 is 0. The summed E-state index contributed by atoms with van der Waals surface area (Å²) in [4.78, 5) is 44.1. The topological polar surface area (TPSA) is 227 Å². The number of carboxylic acids is 1. The summed E-state index contributed by atoms with van der Waals surface area (Å²) in [6.45, 7) is 12.7. The highest BCUT2D eigenvalue weighted by Gasteiger charge is 2.40. The lowest BCUT2D eigenvalue weighted by Gasteiger charge is -2.36. The minimum Gasteiger partial charge on any atom is -0.550 e. The van der Waals surface area contributed by atoms with E-state index in [-0.39, 0.29) is 38.9 Å². The summed E-state index contributed by atoms with van der Waals surface area (Å²) in [6, 6.07) is 92.6. The highest BCUT2D eigenvalue weighted by molar-refractivity contribution is 5.92. The zero-order chi connectivity index (χ0) is 83.5. The van der Waals surface area contributed by atoms with E-state index in [9.17, 15) is 29.4 Å². The minimum atomic E-state index is -1.28. The highest BCUT2D eigenvalue weighted by atomic mass is 16.6. The van der Waals surface area contributed by atoms with Crippen molar-refractivity contribution in [2.45, 2.75) is 111 Å². The van der Waals surface area contributed by atoms with E-state index in [0.29, 0.717) is 45.4 Å². The molecule has 612 valence electrons. The number of aliphatic hydroxyl groups is 1. The largest absolute Gasteiger partial charge is 0.550 e. The Hall–Kier alpha value is -13.0. The fraction of sp³-hybridized carbons (Fsp3) is 0.240. The molecule has 1 saturated heterocycles. The number of quaternary nitrogens is 1. The van der Waals surface area contributed by atoms with Gasteiger partial charge in [0.25, 0.3) is 0 Å². The number of aliphatic hydroxyl groups excluding tert-OH is 1. The number of carbonyl (C=O) groups excluding carboxylic acids is 4. The van der Waals surface area contributed by atoms with Crippen molar-refractivity contribution in [2.24, 2.45) is 0 Å². The Morgan fingerprint density at radius 1 is 0.378 bits per heavy atom. The van der Waals surface area contributed by atoms with E-state index < -0.39 is 35.1 Å². The molecular weight excluding hydrogens is 1500 g/mol. The van der Waals surface area contributed by atoms with Gasteiger partial charge in [0.05, 0.1) is 87.2 Å². The maximum Gasteiger partial charge on any atom is 0.314 e. The van der Waals surface area contributed by atoms with Crippen molar-refractivity contribution in [3.05, 3.63) is 357 Å². The summed E-state index contributed by atoms with van der Waals surface area (Å²) in [5.41, 5.74) is 15.8. The van der Waals surface area contributed by atoms with Gasteiger partial charge in [0.1, 0.15) is 90.2 Å². The van der Waals surface area contributed by atoms with Crippen LogP contribution < -0.4 is 47.9 Å². The molecule has 19 nitrogen and oxygen atoms in total. The van der Waals surface area contributed by atoms with Gasteiger partial charge in [-0.05, 0) is 196 Å². The van der Waals surface area contributed by atoms with E-state index in [4.69, 9.17) is 52.1 Å². The molecule has 0 unspecified atom stereocenters. The van der Waals surface area contributed by atoms with Crippen LogP contribution in [0.3, 0.4) is 0 Å². The number of benzene rings is 12. The number of esters is 3. The lowest BCUT2D eigenvalue weighted by atomic mass is 9.80. The van der Waals surface area contributed by atoms with E-state index in [1.165, 1.54) is 19.6 Å². The van der Waals surface area contributed by atoms with Crippen molar-refractivity contribution in [3.8, 4) is 68.2 Å². The molecule has 3 aliphatic heterocycles. The van der Waals surface area contributed by atoms with Crippen LogP contribution in [-0.4, -0.2) is 77.1 Å². The number of ether oxygens (including phenoxy) is 12. The fourth-order valence-electron chi connectivity index (χ4n) is 14.5. The van der Waals surface area contributed by atoms with Crippen molar-refractivity contribution in [1.29, 1.82) is 0 Å². The zero-order valence-electron chi connectivity index (χ0n) is 68.1. The zero-order valence-corrected chi connectivity index (χ0v) is 68.1. The van der Waals surface area contributed by atoms with Gasteiger partial charge in [0.2, 0.25) is 0 Å². The van der Waals surface area contributed by atoms with Gasteiger partial charge < -0.3 is 76.7 Å². The van der Waals surface area contributed by atoms with Gasteiger partial charge in [-0.1, -0.05) is 188 Å². The molecule has 0 aromatic heterocycles. The molecule has 2 N–H and O–H groups in total. The maximum absolute atomic E-state index is 11.8. The Morgan fingerprint density at radius 2 is 0.723 bits per heavy atom. The smallest absolute Gasteiger partial charge is 0.314 e. The van der Waals surface area contributed by atoms with Crippen LogP contribution in [0.15, 0.2) is 279 Å². The number of aliphatic carboxylic acids is 1. The lowest BCUT2D eigenvalue weighted by Crippen LogP contribution is -3.11. The molecule has 3 aliphatic rings. The first-order valence-corrected chi connectivity index (χ1v) is 39.8. The van der Waals surface area contributed by atoms with Crippen LogP contribution in [0.1, 0.15) is 124 Å². The standard InChI is InChI=1S/C47H42O9.C43H38O6.C6H15N.C4H4O3/c1-51-39-16-12-37(13-17-39)47(36-9-4-3-5-10-36,38-14-18-40(52-2)19-15-38)56-30-34-11-21-43-42-22-20-41(27-35(42)31-54-44(43)26-34)53-28-32-7-6-8-33(25-32)29-55-46(50)24-23-45(48)49;1-45-37-16-12-35(13-17-37)43(34-9-4-3-5-10-34,36-14-18-38(46-2)19-15-36)49-28-32-11-21-41-40-22-20-39(25-33(40)29-48-42(41)24-32)47-27-31-8-6-7-30(23-31)26-44;1-4-7(5-2)6-3;5-3-1-2-4(6)7-3/h3-22,25-27H,23-24,28-31H2,1-2H3,(H,48,49);3-25,44H,26-29H2,1-2H3;4-6H2,1-3H3;1-2H2. The molecule has 19 heteroatoms. The Labute approximate surface area is 695 Å². The first kappa shape index (κ1) is 85.3. The molecule has 1 fully saturated rings. The number of nitrogens with one attached hydrogen (secondary N) is 1. The second-order valence-electron chi connectivity index (χ2n) is 28.5. The average molecular weight is 1600 g/mol. The molecule has 0 bridgehead atoms. The normalized spacial score (nSPS) is 12.2. The molecule has 15 rings (SSSR count). The average Bonchev–Trinajstić information content (AvgIpc) is 1.26. The predicted octanol–water partition coefficient (Wildman–Crippen LogP) is 16.5. The highest BCUT2D eigenvalue weighted by Crippen LogP contribution is 2.47. The fourth-order valence-corrected chi connectivity index (χ4v) is 14.5. The molecule has 3 heterocycles. The predicted molar refractivity (Wildman–Crippen MR) is 451 cm³/mol. The summed E-state index contributed by atoms with van der Waals surface area (Å²) < 4.78 is 70.3. The molecule has 0 aliphatic carbocycles. The van der Waals surface area contributed by atoms with Gasteiger partial charge in [-0.2, -0.15) is 0 Å². The van der Waals surface area contributed by atoms with E-state index in [1.54, 1.807) is 33.3 Å². The van der Waals surface area contributed by atoms with E-state index in [2.05, 4.69) is 117 Å². The van der Waals surface area contributed by atoms with E-state index in [1.807, 2.05) is 188 Å². The van der Waals surface area contributed by atoms with Gasteiger partial charge in [0.15, 0.2) is 0 Å². The molecule has 0 radical (unpaired) electrons. The summed E-state index contributed by atoms with van der Waals surface area (Å²) in [5.74, 6) is 3.49. The monoisotopic (exact) mass is 1600 g/mol.